The summed E-state index contributed by atoms with van der Waals surface area (Å²) in [7, 11) is 0. The number of allylic oxidation sites excluding steroid dienone is 6. The number of hydrogen-bond acceptors (Lipinski definition) is 2. The second-order valence-corrected chi connectivity index (χ2v) is 14.5. The topological polar surface area (TPSA) is 57.5 Å². The molecule has 0 fully saturated rings. The lowest BCUT2D eigenvalue weighted by Crippen LogP contribution is -2.09. The highest BCUT2D eigenvalue weighted by atomic mass is 15.0. The van der Waals surface area contributed by atoms with Gasteiger partial charge in [-0.15, -0.1) is 0 Å². The Hall–Kier alpha value is -7.74. The minimum Gasteiger partial charge on any atom is -0.308 e. The number of rotatable bonds is 5. The monoisotopic (exact) mass is 728 g/mol. The smallest absolute Gasteiger partial charge is 0.104 e. The molecule has 9 aromatic rings. The molecule has 1 aliphatic rings. The Morgan fingerprint density at radius 1 is 0.596 bits per heavy atom. The molecule has 0 atom stereocenters. The van der Waals surface area contributed by atoms with Crippen LogP contribution in [-0.4, -0.2) is 15.3 Å². The van der Waals surface area contributed by atoms with Crippen LogP contribution in [0.1, 0.15) is 22.4 Å². The van der Waals surface area contributed by atoms with Crippen LogP contribution < -0.4 is 0 Å². The fourth-order valence-corrected chi connectivity index (χ4v) is 8.61. The lowest BCUT2D eigenvalue weighted by molar-refractivity contribution is 1.06. The van der Waals surface area contributed by atoms with Crippen molar-refractivity contribution in [3.8, 4) is 39.7 Å². The van der Waals surface area contributed by atoms with E-state index in [1.807, 2.05) is 42.5 Å². The van der Waals surface area contributed by atoms with Crippen molar-refractivity contribution in [3.05, 3.63) is 211 Å². The molecule has 0 saturated carbocycles. The Morgan fingerprint density at radius 3 is 1.98 bits per heavy atom. The van der Waals surface area contributed by atoms with Crippen LogP contribution in [0, 0.1) is 16.7 Å². The van der Waals surface area contributed by atoms with Crippen LogP contribution in [0.25, 0.3) is 83.2 Å². The van der Waals surface area contributed by atoms with Crippen molar-refractivity contribution in [1.82, 2.24) is 9.13 Å². The van der Waals surface area contributed by atoms with E-state index in [9.17, 15) is 5.26 Å². The maximum Gasteiger partial charge on any atom is 0.104 e. The van der Waals surface area contributed by atoms with E-state index in [-0.39, 0.29) is 0 Å². The molecular weight excluding hydrogens is 693 g/mol. The molecule has 0 aliphatic heterocycles. The lowest BCUT2D eigenvalue weighted by Gasteiger charge is -2.19. The average molecular weight is 729 g/mol. The summed E-state index contributed by atoms with van der Waals surface area (Å²) in [5, 5.41) is 25.8. The van der Waals surface area contributed by atoms with E-state index in [0.29, 0.717) is 23.2 Å². The predicted molar refractivity (Wildman–Crippen MR) is 239 cm³/mol. The molecule has 4 heteroatoms. The Labute approximate surface area is 331 Å². The molecule has 2 heterocycles. The van der Waals surface area contributed by atoms with Gasteiger partial charge in [-0.2, -0.15) is 5.26 Å². The molecule has 57 heavy (non-hydrogen) atoms. The molecule has 0 bridgehead atoms. The average Bonchev–Trinajstić information content (AvgIpc) is 3.77. The van der Waals surface area contributed by atoms with E-state index >= 15 is 0 Å². The minimum atomic E-state index is 0.488. The summed E-state index contributed by atoms with van der Waals surface area (Å²) in [6.07, 6.45) is 14.5. The Morgan fingerprint density at radius 2 is 1.26 bits per heavy atom. The van der Waals surface area contributed by atoms with Crippen LogP contribution in [0.2, 0.25) is 0 Å². The molecule has 0 radical (unpaired) electrons. The van der Waals surface area contributed by atoms with Crippen molar-refractivity contribution in [1.29, 1.82) is 10.7 Å². The molecule has 4 nitrogen and oxygen atoms in total. The van der Waals surface area contributed by atoms with Gasteiger partial charge >= 0.3 is 0 Å². The lowest BCUT2D eigenvalue weighted by atomic mass is 10.00. The van der Waals surface area contributed by atoms with E-state index in [0.717, 1.165) is 88.3 Å². The SMILES string of the molecule is C=C1/C=C\C=C/Cc2c(n(-c3c(C=N)ccc(-n4c5ccc(-c6ccccc6)cc5c5c6ccccc6ccc54)c3C#N)c3ccc(-c4ccccc4)cc23)/C=C\1. The normalized spacial score (nSPS) is 14.4. The van der Waals surface area contributed by atoms with E-state index in [1.54, 1.807) is 0 Å². The van der Waals surface area contributed by atoms with Crippen LogP contribution in [0.3, 0.4) is 0 Å². The van der Waals surface area contributed by atoms with Gasteiger partial charge in [-0.3, -0.25) is 0 Å². The molecule has 1 aliphatic carbocycles. The predicted octanol–water partition coefficient (Wildman–Crippen LogP) is 13.3. The van der Waals surface area contributed by atoms with Gasteiger partial charge in [0.15, 0.2) is 0 Å². The van der Waals surface area contributed by atoms with E-state index in [2.05, 4.69) is 161 Å². The van der Waals surface area contributed by atoms with Gasteiger partial charge in [-0.1, -0.05) is 140 Å². The zero-order chi connectivity index (χ0) is 38.5. The third-order valence-electron chi connectivity index (χ3n) is 11.2. The molecule has 268 valence electrons. The standard InChI is InChI=1S/C53H36N4/c1-35-13-5-2-10-20-43-44-31-39(36-14-6-3-7-15-36)23-27-48(44)57(47(43)26-21-35)53-41(33-54)25-29-50(46(53)34-55)56-49-28-24-40(37-16-8-4-9-17-37)32-45(49)52-42-19-12-11-18-38(42)22-30-51(52)56/h2-19,21-33,54H,1,20H2/b10-2-,13-5-,26-21-,54-33?. The zero-order valence-electron chi connectivity index (χ0n) is 31.2. The molecule has 2 aromatic heterocycles. The summed E-state index contributed by atoms with van der Waals surface area (Å²) < 4.78 is 4.44. The van der Waals surface area contributed by atoms with Crippen LogP contribution in [-0.2, 0) is 6.42 Å². The van der Waals surface area contributed by atoms with E-state index in [1.165, 1.54) is 6.21 Å². The van der Waals surface area contributed by atoms with Gasteiger partial charge in [0.05, 0.1) is 33.6 Å². The van der Waals surface area contributed by atoms with Crippen molar-refractivity contribution in [3.63, 3.8) is 0 Å². The summed E-state index contributed by atoms with van der Waals surface area (Å²) in [5.74, 6) is 0. The molecule has 1 N–H and O–H groups in total. The van der Waals surface area contributed by atoms with Crippen molar-refractivity contribution < 1.29 is 0 Å². The highest BCUT2D eigenvalue weighted by molar-refractivity contribution is 6.22. The molecule has 10 rings (SSSR count). The Balaban J connectivity index is 1.31. The number of benzene rings is 7. The minimum absolute atomic E-state index is 0.488. The van der Waals surface area contributed by atoms with Crippen LogP contribution in [0.5, 0.6) is 0 Å². The summed E-state index contributed by atoms with van der Waals surface area (Å²) in [5.41, 5.74) is 13.0. The zero-order valence-corrected chi connectivity index (χ0v) is 31.2. The number of aromatic nitrogens is 2. The van der Waals surface area contributed by atoms with Crippen molar-refractivity contribution in [2.24, 2.45) is 0 Å². The molecule has 0 spiro atoms. The Kier molecular flexibility index (Phi) is 8.21. The quantitative estimate of drug-likeness (QED) is 0.176. The number of nitrogens with one attached hydrogen (secondary N) is 1. The van der Waals surface area contributed by atoms with E-state index < -0.39 is 0 Å². The number of fused-ring (bicyclic) bond motifs is 8. The van der Waals surface area contributed by atoms with Gasteiger partial charge < -0.3 is 14.5 Å². The molecule has 0 saturated heterocycles. The first-order valence-corrected chi connectivity index (χ1v) is 19.2. The van der Waals surface area contributed by atoms with Gasteiger partial charge in [0.2, 0.25) is 0 Å². The second kappa shape index (κ2) is 13.8. The highest BCUT2D eigenvalue weighted by Gasteiger charge is 2.25. The fourth-order valence-electron chi connectivity index (χ4n) is 8.61. The first-order chi connectivity index (χ1) is 28.1. The summed E-state index contributed by atoms with van der Waals surface area (Å²) in [4.78, 5) is 0. The summed E-state index contributed by atoms with van der Waals surface area (Å²) in [6.45, 7) is 4.28. The van der Waals surface area contributed by atoms with Gasteiger partial charge in [0.1, 0.15) is 11.6 Å². The van der Waals surface area contributed by atoms with Crippen molar-refractivity contribution in [2.45, 2.75) is 6.42 Å². The van der Waals surface area contributed by atoms with Crippen molar-refractivity contribution >= 4 is 55.8 Å². The maximum atomic E-state index is 11.4. The first-order valence-electron chi connectivity index (χ1n) is 19.2. The van der Waals surface area contributed by atoms with Crippen LogP contribution >= 0.6 is 0 Å². The van der Waals surface area contributed by atoms with Crippen LogP contribution in [0.4, 0.5) is 0 Å². The largest absolute Gasteiger partial charge is 0.308 e. The molecule has 0 amide bonds. The van der Waals surface area contributed by atoms with E-state index in [4.69, 9.17) is 5.41 Å². The highest BCUT2D eigenvalue weighted by Crippen LogP contribution is 2.42. The Bertz CT molecular complexity index is 3240. The van der Waals surface area contributed by atoms with Gasteiger partial charge in [-0.25, -0.2) is 0 Å². The van der Waals surface area contributed by atoms with Gasteiger partial charge in [0.25, 0.3) is 0 Å². The number of nitriles is 1. The second-order valence-electron chi connectivity index (χ2n) is 14.5. The van der Waals surface area contributed by atoms with Crippen molar-refractivity contribution in [2.75, 3.05) is 0 Å². The third kappa shape index (κ3) is 5.56. The number of hydrogen-bond donors (Lipinski definition) is 1. The maximum absolute atomic E-state index is 11.4. The summed E-state index contributed by atoms with van der Waals surface area (Å²) >= 11 is 0. The van der Waals surface area contributed by atoms with Crippen LogP contribution in [0.15, 0.2) is 188 Å². The molecule has 0 unspecified atom stereocenters. The first kappa shape index (κ1) is 33.8. The summed E-state index contributed by atoms with van der Waals surface area (Å²) in [6, 6.07) is 53.6. The van der Waals surface area contributed by atoms with Gasteiger partial charge in [0, 0.05) is 27.9 Å². The molecule has 7 aromatic carbocycles. The molecular formula is C53H36N4. The fraction of sp³-hybridized carbons (Fsp3) is 0.0189. The number of nitrogens with zero attached hydrogens (tertiary/aromatic N) is 3. The third-order valence-corrected chi connectivity index (χ3v) is 11.2. The van der Waals surface area contributed by atoms with Gasteiger partial charge in [-0.05, 0) is 99.1 Å².